The van der Waals surface area contributed by atoms with Gasteiger partial charge < -0.3 is 15.4 Å². The van der Waals surface area contributed by atoms with Crippen molar-refractivity contribution in [3.8, 4) is 5.75 Å². The van der Waals surface area contributed by atoms with Crippen LogP contribution in [0.15, 0.2) is 29.3 Å². The van der Waals surface area contributed by atoms with E-state index in [4.69, 9.17) is 4.74 Å². The average Bonchev–Trinajstić information content (AvgIpc) is 2.86. The first-order valence-corrected chi connectivity index (χ1v) is 7.96. The molecule has 0 spiro atoms. The van der Waals surface area contributed by atoms with Crippen LogP contribution >= 0.6 is 11.8 Å². The Bertz CT molecular complexity index is 572. The number of methoxy groups -OCH3 is 1. The highest BCUT2D eigenvalue weighted by atomic mass is 32.2. The molecule has 1 aromatic carbocycles. The van der Waals surface area contributed by atoms with Gasteiger partial charge in [-0.15, -0.1) is 0 Å². The van der Waals surface area contributed by atoms with Crippen LogP contribution in [-0.4, -0.2) is 35.9 Å². The summed E-state index contributed by atoms with van der Waals surface area (Å²) in [7, 11) is 1.58. The lowest BCUT2D eigenvalue weighted by molar-refractivity contribution is -0.122. The third-order valence-corrected chi connectivity index (χ3v) is 4.12. The highest BCUT2D eigenvalue weighted by Crippen LogP contribution is 2.23. The van der Waals surface area contributed by atoms with E-state index in [1.54, 1.807) is 31.4 Å². The molecule has 1 saturated heterocycles. The van der Waals surface area contributed by atoms with E-state index < -0.39 is 5.25 Å². The number of rotatable bonds is 6. The van der Waals surface area contributed by atoms with Gasteiger partial charge in [0.15, 0.2) is 5.17 Å². The number of ether oxygens (including phenoxy) is 1. The van der Waals surface area contributed by atoms with Gasteiger partial charge in [0.2, 0.25) is 11.8 Å². The first-order valence-electron chi connectivity index (χ1n) is 7.08. The fraction of sp³-hybridized carbons (Fsp3) is 0.400. The molecule has 0 bridgehead atoms. The second-order valence-corrected chi connectivity index (χ2v) is 5.95. The van der Waals surface area contributed by atoms with Gasteiger partial charge in [-0.2, -0.15) is 0 Å². The van der Waals surface area contributed by atoms with Crippen LogP contribution in [0.5, 0.6) is 5.75 Å². The van der Waals surface area contributed by atoms with Gasteiger partial charge in [0, 0.05) is 18.7 Å². The summed E-state index contributed by atoms with van der Waals surface area (Å²) >= 11 is 1.31. The SMILES string of the molecule is CCCN=C1NC(=O)[C@@H](CC(=O)Nc2ccc(OC)cc2)S1. The molecule has 0 radical (unpaired) electrons. The van der Waals surface area contributed by atoms with Crippen molar-refractivity contribution in [1.82, 2.24) is 5.32 Å². The van der Waals surface area contributed by atoms with Gasteiger partial charge >= 0.3 is 0 Å². The summed E-state index contributed by atoms with van der Waals surface area (Å²) in [5.74, 6) is 0.361. The van der Waals surface area contributed by atoms with Crippen LogP contribution < -0.4 is 15.4 Å². The third kappa shape index (κ3) is 4.49. The molecule has 7 heteroatoms. The van der Waals surface area contributed by atoms with Crippen molar-refractivity contribution in [2.75, 3.05) is 19.0 Å². The van der Waals surface area contributed by atoms with E-state index in [1.165, 1.54) is 11.8 Å². The van der Waals surface area contributed by atoms with Gasteiger partial charge in [-0.3, -0.25) is 14.6 Å². The van der Waals surface area contributed by atoms with Crippen LogP contribution in [0.4, 0.5) is 5.69 Å². The fourth-order valence-electron chi connectivity index (χ4n) is 1.88. The number of amides is 2. The lowest BCUT2D eigenvalue weighted by Gasteiger charge is -2.08. The number of aliphatic imine (C=N–C) groups is 1. The van der Waals surface area contributed by atoms with Gasteiger partial charge in [-0.05, 0) is 30.7 Å². The summed E-state index contributed by atoms with van der Waals surface area (Å²) in [6.45, 7) is 2.69. The molecule has 6 nitrogen and oxygen atoms in total. The van der Waals surface area contributed by atoms with Crippen molar-refractivity contribution < 1.29 is 14.3 Å². The summed E-state index contributed by atoms with van der Waals surface area (Å²) in [6, 6.07) is 7.05. The third-order valence-electron chi connectivity index (χ3n) is 3.00. The van der Waals surface area contributed by atoms with Gasteiger partial charge in [-0.25, -0.2) is 0 Å². The molecule has 1 aliphatic heterocycles. The summed E-state index contributed by atoms with van der Waals surface area (Å²) in [4.78, 5) is 28.1. The highest BCUT2D eigenvalue weighted by molar-refractivity contribution is 8.15. The number of benzene rings is 1. The number of amidine groups is 1. The molecular formula is C15H19N3O3S. The zero-order valence-corrected chi connectivity index (χ0v) is 13.4. The molecule has 1 aromatic rings. The van der Waals surface area contributed by atoms with Crippen molar-refractivity contribution in [2.24, 2.45) is 4.99 Å². The molecular weight excluding hydrogens is 302 g/mol. The maximum Gasteiger partial charge on any atom is 0.240 e. The molecule has 0 aliphatic carbocycles. The van der Waals surface area contributed by atoms with Crippen LogP contribution in [0.25, 0.3) is 0 Å². The molecule has 1 atom stereocenters. The number of hydrogen-bond acceptors (Lipinski definition) is 5. The topological polar surface area (TPSA) is 79.8 Å². The van der Waals surface area contributed by atoms with Crippen LogP contribution in [-0.2, 0) is 9.59 Å². The van der Waals surface area contributed by atoms with Gasteiger partial charge in [-0.1, -0.05) is 18.7 Å². The Kier molecular flexibility index (Phi) is 5.83. The average molecular weight is 321 g/mol. The highest BCUT2D eigenvalue weighted by Gasteiger charge is 2.31. The molecule has 1 fully saturated rings. The molecule has 0 aromatic heterocycles. The number of hydrogen-bond donors (Lipinski definition) is 2. The standard InChI is InChI=1S/C15H19N3O3S/c1-3-8-16-15-18-14(20)12(22-15)9-13(19)17-10-4-6-11(21-2)7-5-10/h4-7,12H,3,8-9H2,1-2H3,(H,17,19)(H,16,18,20)/t12-/m1/s1. The molecule has 22 heavy (non-hydrogen) atoms. The number of carbonyl (C=O) groups excluding carboxylic acids is 2. The van der Waals surface area contributed by atoms with E-state index >= 15 is 0 Å². The largest absolute Gasteiger partial charge is 0.497 e. The summed E-state index contributed by atoms with van der Waals surface area (Å²) in [5.41, 5.74) is 0.675. The zero-order chi connectivity index (χ0) is 15.9. The number of thioether (sulfide) groups is 1. The van der Waals surface area contributed by atoms with Crippen molar-refractivity contribution in [1.29, 1.82) is 0 Å². The van der Waals surface area contributed by atoms with E-state index in [0.29, 0.717) is 17.4 Å². The van der Waals surface area contributed by atoms with E-state index in [-0.39, 0.29) is 18.2 Å². The maximum atomic E-state index is 12.0. The Morgan fingerprint density at radius 3 is 2.77 bits per heavy atom. The van der Waals surface area contributed by atoms with Crippen LogP contribution in [0, 0.1) is 0 Å². The van der Waals surface area contributed by atoms with Crippen LogP contribution in [0.1, 0.15) is 19.8 Å². The minimum atomic E-state index is -0.422. The van der Waals surface area contributed by atoms with Crippen molar-refractivity contribution in [2.45, 2.75) is 25.0 Å². The monoisotopic (exact) mass is 321 g/mol. The molecule has 0 saturated carbocycles. The smallest absolute Gasteiger partial charge is 0.240 e. The maximum absolute atomic E-state index is 12.0. The number of nitrogens with zero attached hydrogens (tertiary/aromatic N) is 1. The minimum absolute atomic E-state index is 0.119. The molecule has 1 heterocycles. The van der Waals surface area contributed by atoms with Gasteiger partial charge in [0.05, 0.1) is 7.11 Å². The normalized spacial score (nSPS) is 19.1. The van der Waals surface area contributed by atoms with Crippen molar-refractivity contribution >= 4 is 34.4 Å². The van der Waals surface area contributed by atoms with Crippen molar-refractivity contribution in [3.63, 3.8) is 0 Å². The Labute approximate surface area is 133 Å². The Morgan fingerprint density at radius 1 is 1.41 bits per heavy atom. The quantitative estimate of drug-likeness (QED) is 0.840. The van der Waals surface area contributed by atoms with E-state index in [1.807, 2.05) is 6.92 Å². The second kappa shape index (κ2) is 7.84. The summed E-state index contributed by atoms with van der Waals surface area (Å²) < 4.78 is 5.06. The molecule has 2 amide bonds. The first-order chi connectivity index (χ1) is 10.6. The number of anilines is 1. The molecule has 0 unspecified atom stereocenters. The fourth-order valence-corrected chi connectivity index (χ4v) is 2.88. The lowest BCUT2D eigenvalue weighted by atomic mass is 10.2. The predicted octanol–water partition coefficient (Wildman–Crippen LogP) is 2.02. The van der Waals surface area contributed by atoms with Crippen molar-refractivity contribution in [3.05, 3.63) is 24.3 Å². The van der Waals surface area contributed by atoms with Crippen LogP contribution in [0.3, 0.4) is 0 Å². The summed E-state index contributed by atoms with van der Waals surface area (Å²) in [6.07, 6.45) is 1.04. The number of nitrogens with one attached hydrogen (secondary N) is 2. The Hall–Kier alpha value is -2.02. The number of carbonyl (C=O) groups is 2. The predicted molar refractivity (Wildman–Crippen MR) is 88.4 cm³/mol. The van der Waals surface area contributed by atoms with E-state index in [0.717, 1.165) is 12.2 Å². The zero-order valence-electron chi connectivity index (χ0n) is 12.6. The molecule has 118 valence electrons. The Morgan fingerprint density at radius 2 is 2.14 bits per heavy atom. The Balaban J connectivity index is 1.87. The molecule has 2 rings (SSSR count). The van der Waals surface area contributed by atoms with Crippen LogP contribution in [0.2, 0.25) is 0 Å². The first kappa shape index (κ1) is 16.4. The van der Waals surface area contributed by atoms with E-state index in [2.05, 4.69) is 15.6 Å². The summed E-state index contributed by atoms with van der Waals surface area (Å²) in [5, 5.41) is 5.65. The lowest BCUT2D eigenvalue weighted by Crippen LogP contribution is -2.28. The van der Waals surface area contributed by atoms with Gasteiger partial charge in [0.1, 0.15) is 11.0 Å². The minimum Gasteiger partial charge on any atom is -0.497 e. The van der Waals surface area contributed by atoms with Gasteiger partial charge in [0.25, 0.3) is 0 Å². The molecule has 2 N–H and O–H groups in total. The second-order valence-electron chi connectivity index (χ2n) is 4.76. The van der Waals surface area contributed by atoms with E-state index in [9.17, 15) is 9.59 Å². The molecule has 1 aliphatic rings.